The second-order valence-corrected chi connectivity index (χ2v) is 6.23. The second kappa shape index (κ2) is 9.26. The first-order chi connectivity index (χ1) is 10.3. The van der Waals surface area contributed by atoms with E-state index in [9.17, 15) is 4.79 Å². The molecule has 0 aliphatic carbocycles. The van der Waals surface area contributed by atoms with E-state index in [2.05, 4.69) is 17.1 Å². The summed E-state index contributed by atoms with van der Waals surface area (Å²) in [7, 11) is 0. The van der Waals surface area contributed by atoms with Gasteiger partial charge in [-0.1, -0.05) is 13.3 Å². The zero-order chi connectivity index (χ0) is 14.9. The molecule has 0 aromatic rings. The van der Waals surface area contributed by atoms with Crippen molar-refractivity contribution < 1.29 is 9.53 Å². The molecule has 0 aromatic carbocycles. The third-order valence-corrected chi connectivity index (χ3v) is 4.54. The lowest BCUT2D eigenvalue weighted by molar-refractivity contribution is 0.0896. The third kappa shape index (κ3) is 5.83. The Kier molecular flexibility index (Phi) is 7.30. The van der Waals surface area contributed by atoms with Crippen LogP contribution in [0.15, 0.2) is 0 Å². The fraction of sp³-hybridized carbons (Fsp3) is 0.938. The van der Waals surface area contributed by atoms with Crippen LogP contribution in [-0.2, 0) is 4.74 Å². The summed E-state index contributed by atoms with van der Waals surface area (Å²) in [6.07, 6.45) is 6.71. The van der Waals surface area contributed by atoms with Crippen LogP contribution in [-0.4, -0.2) is 67.8 Å². The SMILES string of the molecule is CCCCOC(=O)N1CCC(NCCN2CCCC2)CC1. The Labute approximate surface area is 129 Å². The van der Waals surface area contributed by atoms with Gasteiger partial charge < -0.3 is 19.9 Å². The van der Waals surface area contributed by atoms with E-state index < -0.39 is 0 Å². The molecule has 2 aliphatic heterocycles. The van der Waals surface area contributed by atoms with Crippen LogP contribution >= 0.6 is 0 Å². The molecule has 2 rings (SSSR count). The maximum absolute atomic E-state index is 11.8. The Balaban J connectivity index is 1.54. The summed E-state index contributed by atoms with van der Waals surface area (Å²) in [6, 6.07) is 0.562. The number of likely N-dealkylation sites (tertiary alicyclic amines) is 2. The Morgan fingerprint density at radius 1 is 1.19 bits per heavy atom. The van der Waals surface area contributed by atoms with E-state index in [-0.39, 0.29) is 6.09 Å². The lowest BCUT2D eigenvalue weighted by Gasteiger charge is -2.32. The van der Waals surface area contributed by atoms with Gasteiger partial charge in [0.05, 0.1) is 6.61 Å². The number of nitrogens with one attached hydrogen (secondary N) is 1. The molecule has 122 valence electrons. The summed E-state index contributed by atoms with van der Waals surface area (Å²) >= 11 is 0. The van der Waals surface area contributed by atoms with Crippen LogP contribution in [0.5, 0.6) is 0 Å². The lowest BCUT2D eigenvalue weighted by atomic mass is 10.1. The number of carbonyl (C=O) groups excluding carboxylic acids is 1. The van der Waals surface area contributed by atoms with Gasteiger partial charge in [-0.15, -0.1) is 0 Å². The van der Waals surface area contributed by atoms with Crippen LogP contribution in [0.4, 0.5) is 4.79 Å². The van der Waals surface area contributed by atoms with Crippen LogP contribution < -0.4 is 5.32 Å². The number of ether oxygens (including phenoxy) is 1. The second-order valence-electron chi connectivity index (χ2n) is 6.23. The quantitative estimate of drug-likeness (QED) is 0.731. The van der Waals surface area contributed by atoms with Gasteiger partial charge in [0.1, 0.15) is 0 Å². The van der Waals surface area contributed by atoms with E-state index in [1.165, 1.54) is 32.5 Å². The zero-order valence-electron chi connectivity index (χ0n) is 13.5. The van der Waals surface area contributed by atoms with E-state index >= 15 is 0 Å². The molecule has 0 radical (unpaired) electrons. The van der Waals surface area contributed by atoms with Gasteiger partial charge in [0.25, 0.3) is 0 Å². The molecule has 0 atom stereocenters. The molecule has 1 N–H and O–H groups in total. The first-order valence-electron chi connectivity index (χ1n) is 8.67. The fourth-order valence-corrected chi connectivity index (χ4v) is 3.09. The van der Waals surface area contributed by atoms with Crippen LogP contribution in [0.1, 0.15) is 45.4 Å². The van der Waals surface area contributed by atoms with Gasteiger partial charge in [-0.25, -0.2) is 4.79 Å². The van der Waals surface area contributed by atoms with Crippen molar-refractivity contribution in [1.82, 2.24) is 15.1 Å². The molecule has 0 saturated carbocycles. The van der Waals surface area contributed by atoms with Crippen molar-refractivity contribution in [1.29, 1.82) is 0 Å². The van der Waals surface area contributed by atoms with E-state index in [1.54, 1.807) is 0 Å². The molecule has 2 heterocycles. The van der Waals surface area contributed by atoms with Gasteiger partial charge in [0.2, 0.25) is 0 Å². The van der Waals surface area contributed by atoms with Crippen molar-refractivity contribution in [3.63, 3.8) is 0 Å². The summed E-state index contributed by atoms with van der Waals surface area (Å²) in [4.78, 5) is 16.2. The van der Waals surface area contributed by atoms with Gasteiger partial charge in [-0.2, -0.15) is 0 Å². The minimum atomic E-state index is -0.126. The van der Waals surface area contributed by atoms with E-state index in [1.807, 2.05) is 4.90 Å². The van der Waals surface area contributed by atoms with Crippen LogP contribution in [0.25, 0.3) is 0 Å². The summed E-state index contributed by atoms with van der Waals surface area (Å²) in [5.41, 5.74) is 0. The minimum Gasteiger partial charge on any atom is -0.449 e. The van der Waals surface area contributed by atoms with Crippen molar-refractivity contribution in [2.24, 2.45) is 0 Å². The molecule has 0 spiro atoms. The number of piperidine rings is 1. The van der Waals surface area contributed by atoms with Crippen molar-refractivity contribution in [2.45, 2.75) is 51.5 Å². The predicted octanol–water partition coefficient (Wildman–Crippen LogP) is 2.07. The molecule has 0 bridgehead atoms. The molecule has 5 nitrogen and oxygen atoms in total. The zero-order valence-corrected chi connectivity index (χ0v) is 13.5. The van der Waals surface area contributed by atoms with Crippen molar-refractivity contribution >= 4 is 6.09 Å². The standard InChI is InChI=1S/C16H31N3O2/c1-2-3-14-21-16(20)19-11-6-15(7-12-19)17-8-13-18-9-4-5-10-18/h15,17H,2-14H2,1H3. The summed E-state index contributed by atoms with van der Waals surface area (Å²) < 4.78 is 5.27. The van der Waals surface area contributed by atoms with Crippen LogP contribution in [0.2, 0.25) is 0 Å². The molecule has 5 heteroatoms. The van der Waals surface area contributed by atoms with Gasteiger partial charge in [-0.05, 0) is 45.2 Å². The van der Waals surface area contributed by atoms with E-state index in [0.717, 1.165) is 45.3 Å². The highest BCUT2D eigenvalue weighted by Crippen LogP contribution is 2.12. The molecule has 2 aliphatic rings. The largest absolute Gasteiger partial charge is 0.449 e. The maximum Gasteiger partial charge on any atom is 0.409 e. The van der Waals surface area contributed by atoms with Crippen molar-refractivity contribution in [2.75, 3.05) is 45.9 Å². The third-order valence-electron chi connectivity index (χ3n) is 4.54. The molecule has 0 unspecified atom stereocenters. The van der Waals surface area contributed by atoms with Gasteiger partial charge in [-0.3, -0.25) is 0 Å². The molecular formula is C16H31N3O2. The van der Waals surface area contributed by atoms with Crippen molar-refractivity contribution in [3.05, 3.63) is 0 Å². The number of unbranched alkanes of at least 4 members (excludes halogenated alkanes) is 1. The van der Waals surface area contributed by atoms with Crippen LogP contribution in [0, 0.1) is 0 Å². The van der Waals surface area contributed by atoms with Gasteiger partial charge >= 0.3 is 6.09 Å². The lowest BCUT2D eigenvalue weighted by Crippen LogP contribution is -2.46. The number of carbonyl (C=O) groups is 1. The number of hydrogen-bond acceptors (Lipinski definition) is 4. The highest BCUT2D eigenvalue weighted by molar-refractivity contribution is 5.67. The molecule has 0 aromatic heterocycles. The molecule has 2 saturated heterocycles. The highest BCUT2D eigenvalue weighted by Gasteiger charge is 2.23. The van der Waals surface area contributed by atoms with E-state index in [0.29, 0.717) is 12.6 Å². The number of amides is 1. The number of nitrogens with zero attached hydrogens (tertiary/aromatic N) is 2. The predicted molar refractivity (Wildman–Crippen MR) is 84.5 cm³/mol. The summed E-state index contributed by atoms with van der Waals surface area (Å²) in [5, 5.41) is 3.64. The Morgan fingerprint density at radius 2 is 1.90 bits per heavy atom. The Morgan fingerprint density at radius 3 is 2.57 bits per heavy atom. The normalized spacial score (nSPS) is 20.9. The fourth-order valence-electron chi connectivity index (χ4n) is 3.09. The highest BCUT2D eigenvalue weighted by atomic mass is 16.6. The smallest absolute Gasteiger partial charge is 0.409 e. The maximum atomic E-state index is 11.8. The molecule has 1 amide bonds. The average molecular weight is 297 g/mol. The molecular weight excluding hydrogens is 266 g/mol. The minimum absolute atomic E-state index is 0.126. The molecule has 21 heavy (non-hydrogen) atoms. The monoisotopic (exact) mass is 297 g/mol. The average Bonchev–Trinajstić information content (AvgIpc) is 3.01. The molecule has 2 fully saturated rings. The first-order valence-corrected chi connectivity index (χ1v) is 8.67. The first kappa shape index (κ1) is 16.6. The van der Waals surface area contributed by atoms with Gasteiger partial charge in [0.15, 0.2) is 0 Å². The summed E-state index contributed by atoms with van der Waals surface area (Å²) in [5.74, 6) is 0. The Hall–Kier alpha value is -0.810. The topological polar surface area (TPSA) is 44.8 Å². The Bertz CT molecular complexity index is 298. The number of hydrogen-bond donors (Lipinski definition) is 1. The summed E-state index contributed by atoms with van der Waals surface area (Å²) in [6.45, 7) is 9.09. The van der Waals surface area contributed by atoms with E-state index in [4.69, 9.17) is 4.74 Å². The van der Waals surface area contributed by atoms with Crippen molar-refractivity contribution in [3.8, 4) is 0 Å². The van der Waals surface area contributed by atoms with Crippen LogP contribution in [0.3, 0.4) is 0 Å². The van der Waals surface area contributed by atoms with Gasteiger partial charge in [0, 0.05) is 32.2 Å². The number of rotatable bonds is 7.